The van der Waals surface area contributed by atoms with Crippen LogP contribution in [0.25, 0.3) is 16.9 Å². The van der Waals surface area contributed by atoms with Crippen LogP contribution in [-0.4, -0.2) is 33.2 Å². The van der Waals surface area contributed by atoms with Crippen LogP contribution in [-0.2, 0) is 19.5 Å². The van der Waals surface area contributed by atoms with Crippen LogP contribution in [0.4, 0.5) is 0 Å². The van der Waals surface area contributed by atoms with E-state index in [-0.39, 0.29) is 5.56 Å². The van der Waals surface area contributed by atoms with Crippen LogP contribution in [0.1, 0.15) is 22.6 Å². The summed E-state index contributed by atoms with van der Waals surface area (Å²) in [4.78, 5) is 20.1. The van der Waals surface area contributed by atoms with Crippen LogP contribution in [0.15, 0.2) is 51.9 Å². The lowest BCUT2D eigenvalue weighted by atomic mass is 10.1. The second-order valence-electron chi connectivity index (χ2n) is 7.40. The molecule has 0 amide bonds. The number of methoxy groups -OCH3 is 1. The highest BCUT2D eigenvalue weighted by molar-refractivity contribution is 5.65. The lowest BCUT2D eigenvalue weighted by Gasteiger charge is -2.27. The fraction of sp³-hybridized carbons (Fsp3) is 0.273. The van der Waals surface area contributed by atoms with Crippen molar-refractivity contribution in [1.82, 2.24) is 19.5 Å². The molecule has 0 unspecified atom stereocenters. The second kappa shape index (κ2) is 6.93. The maximum Gasteiger partial charge on any atom is 0.276 e. The zero-order valence-corrected chi connectivity index (χ0v) is 16.4. The summed E-state index contributed by atoms with van der Waals surface area (Å²) in [6, 6.07) is 11.9. The molecule has 4 aromatic rings. The van der Waals surface area contributed by atoms with Crippen LogP contribution >= 0.6 is 0 Å². The van der Waals surface area contributed by atoms with E-state index in [0.29, 0.717) is 18.6 Å². The molecule has 0 fully saturated rings. The number of furan rings is 1. The van der Waals surface area contributed by atoms with Crippen molar-refractivity contribution in [1.29, 1.82) is 0 Å². The normalized spacial score (nSPS) is 14.3. The number of fused-ring (bicyclic) bond motifs is 2. The molecule has 148 valence electrons. The van der Waals surface area contributed by atoms with Gasteiger partial charge in [0.1, 0.15) is 11.5 Å². The number of aromatic nitrogens is 3. The molecule has 3 aromatic heterocycles. The first-order valence-electron chi connectivity index (χ1n) is 9.65. The molecule has 7 nitrogen and oxygen atoms in total. The van der Waals surface area contributed by atoms with Gasteiger partial charge in [-0.3, -0.25) is 14.8 Å². The maximum absolute atomic E-state index is 13.0. The van der Waals surface area contributed by atoms with E-state index < -0.39 is 0 Å². The molecular formula is C22H22N4O3. The Morgan fingerprint density at radius 2 is 2.07 bits per heavy atom. The van der Waals surface area contributed by atoms with Crippen LogP contribution in [0.5, 0.6) is 5.75 Å². The lowest BCUT2D eigenvalue weighted by molar-refractivity contribution is 0.240. The molecule has 0 bridgehead atoms. The van der Waals surface area contributed by atoms with Gasteiger partial charge in [-0.25, -0.2) is 9.50 Å². The average molecular weight is 390 g/mol. The van der Waals surface area contributed by atoms with Gasteiger partial charge in [0, 0.05) is 36.8 Å². The van der Waals surface area contributed by atoms with E-state index in [9.17, 15) is 4.79 Å². The first-order valence-corrected chi connectivity index (χ1v) is 9.65. The van der Waals surface area contributed by atoms with E-state index in [1.165, 1.54) is 5.56 Å². The van der Waals surface area contributed by atoms with Gasteiger partial charge in [0.25, 0.3) is 5.56 Å². The van der Waals surface area contributed by atoms with E-state index >= 15 is 0 Å². The summed E-state index contributed by atoms with van der Waals surface area (Å²) >= 11 is 0. The number of nitrogens with one attached hydrogen (secondary N) is 1. The topological polar surface area (TPSA) is 75.8 Å². The molecule has 1 aliphatic rings. The van der Waals surface area contributed by atoms with Crippen molar-refractivity contribution in [3.05, 3.63) is 75.6 Å². The predicted molar refractivity (Wildman–Crippen MR) is 109 cm³/mol. The summed E-state index contributed by atoms with van der Waals surface area (Å²) in [6.07, 6.45) is 2.34. The van der Waals surface area contributed by atoms with Crippen LogP contribution < -0.4 is 10.3 Å². The molecule has 0 atom stereocenters. The van der Waals surface area contributed by atoms with Crippen molar-refractivity contribution >= 4 is 5.65 Å². The molecule has 0 aliphatic carbocycles. The number of benzene rings is 1. The average Bonchev–Trinajstić information content (AvgIpc) is 3.34. The van der Waals surface area contributed by atoms with Gasteiger partial charge in [-0.15, -0.1) is 0 Å². The molecule has 4 heterocycles. The van der Waals surface area contributed by atoms with Gasteiger partial charge in [-0.05, 0) is 37.1 Å². The zero-order valence-electron chi connectivity index (χ0n) is 16.4. The molecular weight excluding hydrogens is 368 g/mol. The van der Waals surface area contributed by atoms with Crippen molar-refractivity contribution in [2.24, 2.45) is 0 Å². The number of hydrogen-bond donors (Lipinski definition) is 1. The minimum atomic E-state index is -0.0125. The number of H-pyrrole nitrogens is 1. The SMILES string of the molecule is COc1ccc(CN2CCc3c(nc4cc(-c5ccoc5C)[nH]n4c3=O)C2)cc1. The van der Waals surface area contributed by atoms with E-state index in [0.717, 1.165) is 47.1 Å². The van der Waals surface area contributed by atoms with Crippen molar-refractivity contribution in [2.45, 2.75) is 26.4 Å². The summed E-state index contributed by atoms with van der Waals surface area (Å²) < 4.78 is 12.2. The Morgan fingerprint density at radius 3 is 2.79 bits per heavy atom. The Kier molecular flexibility index (Phi) is 4.24. The van der Waals surface area contributed by atoms with Gasteiger partial charge < -0.3 is 9.15 Å². The van der Waals surface area contributed by atoms with Crippen molar-refractivity contribution in [3.63, 3.8) is 0 Å². The molecule has 7 heteroatoms. The molecule has 0 saturated carbocycles. The quantitative estimate of drug-likeness (QED) is 0.579. The Hall–Kier alpha value is -3.32. The van der Waals surface area contributed by atoms with Crippen LogP contribution in [0.3, 0.4) is 0 Å². The zero-order chi connectivity index (χ0) is 20.0. The largest absolute Gasteiger partial charge is 0.497 e. The molecule has 0 spiro atoms. The number of hydrogen-bond acceptors (Lipinski definition) is 5. The first-order chi connectivity index (χ1) is 14.1. The summed E-state index contributed by atoms with van der Waals surface area (Å²) in [5.74, 6) is 1.66. The van der Waals surface area contributed by atoms with Gasteiger partial charge in [0.05, 0.1) is 24.8 Å². The Bertz CT molecular complexity index is 1230. The smallest absolute Gasteiger partial charge is 0.276 e. The minimum absolute atomic E-state index is 0.0125. The summed E-state index contributed by atoms with van der Waals surface area (Å²) in [5.41, 5.74) is 5.27. The number of rotatable bonds is 4. The fourth-order valence-corrected chi connectivity index (χ4v) is 3.97. The van der Waals surface area contributed by atoms with Gasteiger partial charge >= 0.3 is 0 Å². The monoisotopic (exact) mass is 390 g/mol. The fourth-order valence-electron chi connectivity index (χ4n) is 3.97. The van der Waals surface area contributed by atoms with E-state index in [1.54, 1.807) is 17.9 Å². The lowest BCUT2D eigenvalue weighted by Crippen LogP contribution is -2.35. The standard InChI is InChI=1S/C22H22N4O3/c1-14-17(8-10-29-14)19-11-21-23-20-13-25(9-7-18(20)22(27)26(21)24-19)12-15-3-5-16(28-2)6-4-15/h3-6,8,10-11,24H,7,9,12-13H2,1-2H3. The van der Waals surface area contributed by atoms with Crippen LogP contribution in [0, 0.1) is 6.92 Å². The Morgan fingerprint density at radius 1 is 1.24 bits per heavy atom. The third-order valence-corrected chi connectivity index (χ3v) is 5.56. The molecule has 0 saturated heterocycles. The molecule has 1 N–H and O–H groups in total. The van der Waals surface area contributed by atoms with Crippen LogP contribution in [0.2, 0.25) is 0 Å². The summed E-state index contributed by atoms with van der Waals surface area (Å²) in [5, 5.41) is 3.18. The van der Waals surface area contributed by atoms with Crippen molar-refractivity contribution in [2.75, 3.05) is 13.7 Å². The first kappa shape index (κ1) is 17.8. The van der Waals surface area contributed by atoms with Gasteiger partial charge in [-0.2, -0.15) is 0 Å². The predicted octanol–water partition coefficient (Wildman–Crippen LogP) is 3.16. The summed E-state index contributed by atoms with van der Waals surface area (Å²) in [7, 11) is 1.67. The minimum Gasteiger partial charge on any atom is -0.497 e. The van der Waals surface area contributed by atoms with Crippen molar-refractivity contribution in [3.8, 4) is 17.0 Å². The number of nitrogens with zero attached hydrogens (tertiary/aromatic N) is 3. The Balaban J connectivity index is 1.45. The number of aryl methyl sites for hydroxylation is 1. The highest BCUT2D eigenvalue weighted by Crippen LogP contribution is 2.24. The van der Waals surface area contributed by atoms with Gasteiger partial charge in [0.15, 0.2) is 5.65 Å². The van der Waals surface area contributed by atoms with Gasteiger partial charge in [0.2, 0.25) is 0 Å². The Labute approximate surface area is 167 Å². The number of aromatic amines is 1. The highest BCUT2D eigenvalue weighted by atomic mass is 16.5. The molecule has 1 aliphatic heterocycles. The molecule has 5 rings (SSSR count). The third-order valence-electron chi connectivity index (χ3n) is 5.56. The van der Waals surface area contributed by atoms with E-state index in [2.05, 4.69) is 22.1 Å². The molecule has 0 radical (unpaired) electrons. The van der Waals surface area contributed by atoms with E-state index in [1.807, 2.05) is 31.2 Å². The maximum atomic E-state index is 13.0. The summed E-state index contributed by atoms with van der Waals surface area (Å²) in [6.45, 7) is 4.21. The number of ether oxygens (including phenoxy) is 1. The van der Waals surface area contributed by atoms with E-state index in [4.69, 9.17) is 14.1 Å². The van der Waals surface area contributed by atoms with Crippen molar-refractivity contribution < 1.29 is 9.15 Å². The second-order valence-corrected chi connectivity index (χ2v) is 7.40. The molecule has 1 aromatic carbocycles. The van der Waals surface area contributed by atoms with Gasteiger partial charge in [-0.1, -0.05) is 12.1 Å². The third kappa shape index (κ3) is 3.13. The molecule has 29 heavy (non-hydrogen) atoms. The highest BCUT2D eigenvalue weighted by Gasteiger charge is 2.23.